The molecule has 2 unspecified atom stereocenters. The number of phenolic OH excluding ortho intramolecular Hbond substituents is 1. The number of Topliss-reactive ketones (excluding diaryl/α,β-unsaturated/α-hetero) is 4. The number of nitrogens with zero attached hydrogens (tertiary/aromatic N) is 2. The van der Waals surface area contributed by atoms with Crippen LogP contribution >= 0.6 is 0 Å². The molecule has 1 aromatic rings. The quantitative estimate of drug-likeness (QED) is 0.247. The number of fused-ring (bicyclic) bond motifs is 3. The lowest BCUT2D eigenvalue weighted by atomic mass is 9.46. The Labute approximate surface area is 248 Å². The zero-order valence-corrected chi connectivity index (χ0v) is 24.5. The van der Waals surface area contributed by atoms with Crippen LogP contribution in [0.2, 0.25) is 0 Å². The Balaban J connectivity index is 1.83. The third kappa shape index (κ3) is 4.60. The van der Waals surface area contributed by atoms with Crippen molar-refractivity contribution >= 4 is 34.7 Å². The minimum atomic E-state index is -5.83. The van der Waals surface area contributed by atoms with Gasteiger partial charge in [-0.3, -0.25) is 28.9 Å². The summed E-state index contributed by atoms with van der Waals surface area (Å²) in [5.41, 5.74) is 0.467. The number of hydrogen-bond donors (Lipinski definition) is 4. The molecule has 4 rings (SSSR count). The standard InChI is InChI=1S/C28H33F5N4O7/c1-25-8-11-6-13-14(36(2)3)7-12(9-35-10-26(29,30)28(31,32)33)18(38)16(13)19(39)15(11)22(41)27(25,44)23(42)17(24(34)43)20(40)21(25)37(4)5/h7,11,15,17,21,35,38,44H,6,8-10H2,1-5H3,(H2,34,43)/t11-,15?,17?,21+,25-,27-/m0/s1. The van der Waals surface area contributed by atoms with E-state index in [1.54, 1.807) is 14.1 Å². The van der Waals surface area contributed by atoms with E-state index in [1.165, 1.54) is 36.9 Å². The molecule has 0 saturated heterocycles. The SMILES string of the molecule is CN(C)c1cc(CNCC(F)(F)C(F)(F)F)c(O)c2c1C[C@H]1C[C@@]3(C)[C@H](N(C)C)C(=O)C(C(N)=O)C(=O)[C@@]3(O)C(=O)C1C2=O. The summed E-state index contributed by atoms with van der Waals surface area (Å²) in [7, 11) is 6.05. The summed E-state index contributed by atoms with van der Waals surface area (Å²) in [5.74, 6) is -16.6. The molecule has 3 aliphatic rings. The summed E-state index contributed by atoms with van der Waals surface area (Å²) in [5, 5.41) is 24.9. The Kier molecular flexibility index (Phi) is 8.01. The van der Waals surface area contributed by atoms with Gasteiger partial charge in [0.05, 0.1) is 24.1 Å². The van der Waals surface area contributed by atoms with Gasteiger partial charge in [-0.2, -0.15) is 22.0 Å². The van der Waals surface area contributed by atoms with Crippen molar-refractivity contribution in [2.45, 2.75) is 50.1 Å². The fourth-order valence-electron chi connectivity index (χ4n) is 7.30. The first-order valence-electron chi connectivity index (χ1n) is 13.6. The van der Waals surface area contributed by atoms with Crippen molar-refractivity contribution in [3.8, 4) is 5.75 Å². The monoisotopic (exact) mass is 632 g/mol. The van der Waals surface area contributed by atoms with Gasteiger partial charge in [-0.05, 0) is 44.5 Å². The van der Waals surface area contributed by atoms with E-state index in [1.807, 2.05) is 5.32 Å². The van der Waals surface area contributed by atoms with Crippen molar-refractivity contribution in [2.24, 2.45) is 28.9 Å². The summed E-state index contributed by atoms with van der Waals surface area (Å²) in [6.45, 7) is -1.18. The minimum Gasteiger partial charge on any atom is -0.507 e. The number of carbonyl (C=O) groups excluding carboxylic acids is 5. The van der Waals surface area contributed by atoms with Crippen molar-refractivity contribution in [1.29, 1.82) is 0 Å². The molecule has 16 heteroatoms. The van der Waals surface area contributed by atoms with E-state index < -0.39 is 100 Å². The van der Waals surface area contributed by atoms with Crippen LogP contribution < -0.4 is 16.0 Å². The highest BCUT2D eigenvalue weighted by molar-refractivity contribution is 6.33. The Hall–Kier alpha value is -3.50. The molecule has 1 amide bonds. The molecule has 2 saturated carbocycles. The van der Waals surface area contributed by atoms with E-state index in [2.05, 4.69) is 0 Å². The molecule has 0 bridgehead atoms. The molecule has 44 heavy (non-hydrogen) atoms. The lowest BCUT2D eigenvalue weighted by Gasteiger charge is -2.59. The number of likely N-dealkylation sites (N-methyl/N-ethyl adjacent to an activating group) is 1. The molecule has 3 aliphatic carbocycles. The van der Waals surface area contributed by atoms with E-state index in [4.69, 9.17) is 5.73 Å². The Morgan fingerprint density at radius 3 is 2.18 bits per heavy atom. The molecule has 0 aromatic heterocycles. The first-order valence-corrected chi connectivity index (χ1v) is 13.6. The third-order valence-corrected chi connectivity index (χ3v) is 9.22. The summed E-state index contributed by atoms with van der Waals surface area (Å²) in [4.78, 5) is 70.1. The second-order valence-corrected chi connectivity index (χ2v) is 12.4. The zero-order chi connectivity index (χ0) is 33.5. The summed E-state index contributed by atoms with van der Waals surface area (Å²) in [6, 6.07) is -0.00849. The van der Waals surface area contributed by atoms with E-state index in [9.17, 15) is 56.1 Å². The van der Waals surface area contributed by atoms with Crippen molar-refractivity contribution < 1.29 is 56.1 Å². The van der Waals surface area contributed by atoms with Gasteiger partial charge in [-0.15, -0.1) is 0 Å². The van der Waals surface area contributed by atoms with Crippen molar-refractivity contribution in [3.63, 3.8) is 0 Å². The molecule has 11 nitrogen and oxygen atoms in total. The number of rotatable bonds is 7. The fourth-order valence-corrected chi connectivity index (χ4v) is 7.30. The number of phenols is 1. The molecule has 6 atom stereocenters. The number of hydrogen-bond acceptors (Lipinski definition) is 10. The predicted molar refractivity (Wildman–Crippen MR) is 143 cm³/mol. The first kappa shape index (κ1) is 33.4. The van der Waals surface area contributed by atoms with E-state index in [0.717, 1.165) is 0 Å². The van der Waals surface area contributed by atoms with Gasteiger partial charge < -0.3 is 26.2 Å². The maximum Gasteiger partial charge on any atom is 0.454 e. The van der Waals surface area contributed by atoms with Crippen LogP contribution in [0.25, 0.3) is 0 Å². The molecule has 0 radical (unpaired) electrons. The van der Waals surface area contributed by atoms with Crippen LogP contribution in [0.1, 0.15) is 34.8 Å². The number of nitrogens with one attached hydrogen (secondary N) is 1. The number of anilines is 1. The molecule has 5 N–H and O–H groups in total. The predicted octanol–water partition coefficient (Wildman–Crippen LogP) is 0.610. The number of benzene rings is 1. The molecule has 0 heterocycles. The second kappa shape index (κ2) is 10.5. The number of ketones is 4. The van der Waals surface area contributed by atoms with Gasteiger partial charge in [0.25, 0.3) is 0 Å². The Morgan fingerprint density at radius 2 is 1.68 bits per heavy atom. The van der Waals surface area contributed by atoms with Crippen LogP contribution in [0.15, 0.2) is 6.07 Å². The molecule has 242 valence electrons. The Morgan fingerprint density at radius 1 is 1.09 bits per heavy atom. The van der Waals surface area contributed by atoms with E-state index in [-0.39, 0.29) is 24.0 Å². The lowest BCUT2D eigenvalue weighted by Crippen LogP contribution is -2.78. The Bertz CT molecular complexity index is 1460. The van der Waals surface area contributed by atoms with Gasteiger partial charge in [0.15, 0.2) is 34.7 Å². The number of primary amides is 1. The highest BCUT2D eigenvalue weighted by Crippen LogP contribution is 2.57. The average Bonchev–Trinajstić information content (AvgIpc) is 2.86. The molecule has 0 aliphatic heterocycles. The number of aliphatic hydroxyl groups is 1. The maximum absolute atomic E-state index is 14.1. The van der Waals surface area contributed by atoms with Crippen molar-refractivity contribution in [3.05, 3.63) is 22.8 Å². The lowest BCUT2D eigenvalue weighted by molar-refractivity contribution is -0.279. The van der Waals surface area contributed by atoms with Gasteiger partial charge in [-0.1, -0.05) is 6.92 Å². The second-order valence-electron chi connectivity index (χ2n) is 12.4. The van der Waals surface area contributed by atoms with Crippen molar-refractivity contribution in [1.82, 2.24) is 10.2 Å². The van der Waals surface area contributed by atoms with Crippen LogP contribution in [0.5, 0.6) is 5.75 Å². The van der Waals surface area contributed by atoms with E-state index >= 15 is 0 Å². The summed E-state index contributed by atoms with van der Waals surface area (Å²) in [6.07, 6.45) is -6.10. The summed E-state index contributed by atoms with van der Waals surface area (Å²) < 4.78 is 64.8. The van der Waals surface area contributed by atoms with Gasteiger partial charge in [-0.25, -0.2) is 0 Å². The van der Waals surface area contributed by atoms with Gasteiger partial charge in [0, 0.05) is 37.3 Å². The maximum atomic E-state index is 14.1. The molecular weight excluding hydrogens is 599 g/mol. The number of nitrogens with two attached hydrogens (primary N) is 1. The molecule has 1 aromatic carbocycles. The highest BCUT2D eigenvalue weighted by Gasteiger charge is 2.74. The average molecular weight is 633 g/mol. The van der Waals surface area contributed by atoms with Crippen LogP contribution in [0.3, 0.4) is 0 Å². The number of carbonyl (C=O) groups is 5. The summed E-state index contributed by atoms with van der Waals surface area (Å²) >= 11 is 0. The molecule has 0 spiro atoms. The normalized spacial score (nSPS) is 30.6. The zero-order valence-electron chi connectivity index (χ0n) is 24.5. The fraction of sp³-hybridized carbons (Fsp3) is 0.607. The third-order valence-electron chi connectivity index (χ3n) is 9.22. The van der Waals surface area contributed by atoms with Crippen molar-refractivity contribution in [2.75, 3.05) is 39.6 Å². The molecule has 2 fully saturated rings. The van der Waals surface area contributed by atoms with Crippen LogP contribution in [0, 0.1) is 23.2 Å². The van der Waals surface area contributed by atoms with Gasteiger partial charge in [0.2, 0.25) is 5.91 Å². The van der Waals surface area contributed by atoms with Crippen LogP contribution in [0.4, 0.5) is 27.6 Å². The molecular formula is C28H33F5N4O7. The first-order chi connectivity index (χ1) is 20.0. The number of aromatic hydroxyl groups is 1. The van der Waals surface area contributed by atoms with Crippen LogP contribution in [-0.2, 0) is 32.1 Å². The highest BCUT2D eigenvalue weighted by atomic mass is 19.4. The van der Waals surface area contributed by atoms with E-state index in [0.29, 0.717) is 5.69 Å². The smallest absolute Gasteiger partial charge is 0.454 e. The van der Waals surface area contributed by atoms with Gasteiger partial charge in [0.1, 0.15) is 5.75 Å². The van der Waals surface area contributed by atoms with Gasteiger partial charge >= 0.3 is 12.1 Å². The number of alkyl halides is 5. The van der Waals surface area contributed by atoms with Crippen LogP contribution in [-0.4, -0.2) is 103 Å². The minimum absolute atomic E-state index is 0.0636. The number of halogens is 5. The topological polar surface area (TPSA) is 170 Å². The number of amides is 1. The largest absolute Gasteiger partial charge is 0.507 e.